The molecule has 0 aliphatic heterocycles. The first-order valence-corrected chi connectivity index (χ1v) is 7.51. The van der Waals surface area contributed by atoms with E-state index in [0.717, 1.165) is 22.5 Å². The summed E-state index contributed by atoms with van der Waals surface area (Å²) in [6.45, 7) is 8.35. The average molecular weight is 310 g/mol. The van der Waals surface area contributed by atoms with Gasteiger partial charge in [0.05, 0.1) is 12.2 Å². The van der Waals surface area contributed by atoms with E-state index < -0.39 is 0 Å². The fourth-order valence-corrected chi connectivity index (χ4v) is 1.96. The summed E-state index contributed by atoms with van der Waals surface area (Å²) >= 11 is 0. The Kier molecular flexibility index (Phi) is 5.80. The Morgan fingerprint density at radius 1 is 1.13 bits per heavy atom. The molecule has 4 nitrogen and oxygen atoms in total. The largest absolute Gasteiger partial charge is 0.487 e. The zero-order chi connectivity index (χ0) is 16.7. The number of aryl methyl sites for hydroxylation is 1. The zero-order valence-electron chi connectivity index (χ0n) is 13.6. The molecule has 2 aromatic rings. The normalized spacial score (nSPS) is 10.0. The summed E-state index contributed by atoms with van der Waals surface area (Å²) in [5.74, 6) is 0.599. The summed E-state index contributed by atoms with van der Waals surface area (Å²) in [6, 6.07) is 15.2. The maximum absolute atomic E-state index is 12.0. The quantitative estimate of drug-likeness (QED) is 0.760. The molecule has 0 radical (unpaired) electrons. The fraction of sp³-hybridized carbons (Fsp3) is 0.211. The van der Waals surface area contributed by atoms with E-state index in [9.17, 15) is 4.79 Å². The number of amides is 1. The standard InChI is InChI=1S/C19H22N2O2/c1-14(2)13-23-18-7-5-4-6-17(18)20-12-19(22)21-16-10-8-15(3)9-11-16/h4-11,20H,1,12-13H2,2-3H3,(H,21,22). The Bertz CT molecular complexity index is 678. The molecule has 0 unspecified atom stereocenters. The van der Waals surface area contributed by atoms with E-state index in [4.69, 9.17) is 4.74 Å². The summed E-state index contributed by atoms with van der Waals surface area (Å²) < 4.78 is 5.67. The van der Waals surface area contributed by atoms with Gasteiger partial charge in [0.2, 0.25) is 5.91 Å². The van der Waals surface area contributed by atoms with Crippen molar-refractivity contribution in [3.8, 4) is 5.75 Å². The molecule has 4 heteroatoms. The van der Waals surface area contributed by atoms with Gasteiger partial charge >= 0.3 is 0 Å². The molecular formula is C19H22N2O2. The molecule has 0 saturated carbocycles. The predicted octanol–water partition coefficient (Wildman–Crippen LogP) is 4.00. The highest BCUT2D eigenvalue weighted by atomic mass is 16.5. The SMILES string of the molecule is C=C(C)COc1ccccc1NCC(=O)Nc1ccc(C)cc1. The number of carbonyl (C=O) groups is 1. The summed E-state index contributed by atoms with van der Waals surface area (Å²) in [4.78, 5) is 12.0. The van der Waals surface area contributed by atoms with E-state index in [1.807, 2.05) is 62.4 Å². The van der Waals surface area contributed by atoms with Crippen molar-refractivity contribution in [3.63, 3.8) is 0 Å². The molecule has 2 rings (SSSR count). The molecule has 120 valence electrons. The van der Waals surface area contributed by atoms with Gasteiger partial charge in [-0.25, -0.2) is 0 Å². The molecule has 2 aromatic carbocycles. The molecule has 23 heavy (non-hydrogen) atoms. The number of ether oxygens (including phenoxy) is 1. The Hall–Kier alpha value is -2.75. The Morgan fingerprint density at radius 2 is 1.83 bits per heavy atom. The van der Waals surface area contributed by atoms with Gasteiger partial charge in [0, 0.05) is 5.69 Å². The lowest BCUT2D eigenvalue weighted by atomic mass is 10.2. The minimum Gasteiger partial charge on any atom is -0.487 e. The summed E-state index contributed by atoms with van der Waals surface area (Å²) in [5, 5.41) is 5.95. The van der Waals surface area contributed by atoms with Crippen molar-refractivity contribution in [2.75, 3.05) is 23.8 Å². The van der Waals surface area contributed by atoms with Crippen LogP contribution in [0.4, 0.5) is 11.4 Å². The number of hydrogen-bond donors (Lipinski definition) is 2. The van der Waals surface area contributed by atoms with E-state index >= 15 is 0 Å². The monoisotopic (exact) mass is 310 g/mol. The summed E-state index contributed by atoms with van der Waals surface area (Å²) in [6.07, 6.45) is 0. The number of para-hydroxylation sites is 2. The van der Waals surface area contributed by atoms with E-state index in [1.54, 1.807) is 0 Å². The van der Waals surface area contributed by atoms with Crippen LogP contribution in [-0.2, 0) is 4.79 Å². The van der Waals surface area contributed by atoms with E-state index in [-0.39, 0.29) is 12.5 Å². The van der Waals surface area contributed by atoms with Gasteiger partial charge < -0.3 is 15.4 Å². The van der Waals surface area contributed by atoms with E-state index in [0.29, 0.717) is 12.4 Å². The van der Waals surface area contributed by atoms with Gasteiger partial charge in [-0.05, 0) is 43.7 Å². The lowest BCUT2D eigenvalue weighted by Gasteiger charge is -2.13. The van der Waals surface area contributed by atoms with Crippen LogP contribution < -0.4 is 15.4 Å². The van der Waals surface area contributed by atoms with Crippen LogP contribution in [0.15, 0.2) is 60.7 Å². The van der Waals surface area contributed by atoms with Crippen LogP contribution in [0.2, 0.25) is 0 Å². The van der Waals surface area contributed by atoms with Crippen molar-refractivity contribution in [1.82, 2.24) is 0 Å². The molecule has 0 atom stereocenters. The lowest BCUT2D eigenvalue weighted by molar-refractivity contribution is -0.114. The van der Waals surface area contributed by atoms with Gasteiger partial charge in [-0.1, -0.05) is 36.4 Å². The van der Waals surface area contributed by atoms with Gasteiger partial charge in [0.15, 0.2) is 0 Å². The molecule has 0 heterocycles. The molecule has 1 amide bonds. The van der Waals surface area contributed by atoms with Gasteiger partial charge in [0.1, 0.15) is 12.4 Å². The van der Waals surface area contributed by atoms with Crippen molar-refractivity contribution in [3.05, 3.63) is 66.2 Å². The van der Waals surface area contributed by atoms with E-state index in [2.05, 4.69) is 17.2 Å². The average Bonchev–Trinajstić information content (AvgIpc) is 2.54. The summed E-state index contributed by atoms with van der Waals surface area (Å²) in [5.41, 5.74) is 3.67. The van der Waals surface area contributed by atoms with Crippen molar-refractivity contribution in [2.24, 2.45) is 0 Å². The van der Waals surface area contributed by atoms with Crippen LogP contribution in [0.3, 0.4) is 0 Å². The first-order chi connectivity index (χ1) is 11.0. The number of anilines is 2. The molecular weight excluding hydrogens is 288 g/mol. The van der Waals surface area contributed by atoms with Crippen molar-refractivity contribution >= 4 is 17.3 Å². The fourth-order valence-electron chi connectivity index (χ4n) is 1.96. The van der Waals surface area contributed by atoms with Gasteiger partial charge in [-0.15, -0.1) is 0 Å². The molecule has 0 spiro atoms. The Labute approximate surface area is 137 Å². The van der Waals surface area contributed by atoms with Crippen molar-refractivity contribution < 1.29 is 9.53 Å². The number of nitrogens with one attached hydrogen (secondary N) is 2. The third-order valence-electron chi connectivity index (χ3n) is 3.14. The van der Waals surface area contributed by atoms with Crippen molar-refractivity contribution in [2.45, 2.75) is 13.8 Å². The molecule has 0 bridgehead atoms. The second-order valence-electron chi connectivity index (χ2n) is 5.51. The predicted molar refractivity (Wildman–Crippen MR) is 95.0 cm³/mol. The third-order valence-corrected chi connectivity index (χ3v) is 3.14. The molecule has 0 aromatic heterocycles. The number of rotatable bonds is 7. The van der Waals surface area contributed by atoms with Crippen LogP contribution in [0, 0.1) is 6.92 Å². The van der Waals surface area contributed by atoms with Crippen LogP contribution in [0.25, 0.3) is 0 Å². The van der Waals surface area contributed by atoms with E-state index in [1.165, 1.54) is 0 Å². The zero-order valence-corrected chi connectivity index (χ0v) is 13.6. The second-order valence-corrected chi connectivity index (χ2v) is 5.51. The van der Waals surface area contributed by atoms with Gasteiger partial charge in [0.25, 0.3) is 0 Å². The lowest BCUT2D eigenvalue weighted by Crippen LogP contribution is -2.22. The number of benzene rings is 2. The van der Waals surface area contributed by atoms with Crippen LogP contribution in [0.1, 0.15) is 12.5 Å². The van der Waals surface area contributed by atoms with Gasteiger partial charge in [-0.3, -0.25) is 4.79 Å². The minimum absolute atomic E-state index is 0.108. The van der Waals surface area contributed by atoms with Gasteiger partial charge in [-0.2, -0.15) is 0 Å². The molecule has 0 aliphatic rings. The topological polar surface area (TPSA) is 50.4 Å². The number of hydrogen-bond acceptors (Lipinski definition) is 3. The maximum Gasteiger partial charge on any atom is 0.243 e. The Balaban J connectivity index is 1.91. The molecule has 2 N–H and O–H groups in total. The highest BCUT2D eigenvalue weighted by molar-refractivity contribution is 5.93. The first-order valence-electron chi connectivity index (χ1n) is 7.51. The smallest absolute Gasteiger partial charge is 0.243 e. The van der Waals surface area contributed by atoms with Crippen LogP contribution in [-0.4, -0.2) is 19.1 Å². The third kappa shape index (κ3) is 5.51. The minimum atomic E-state index is -0.108. The van der Waals surface area contributed by atoms with Crippen LogP contribution >= 0.6 is 0 Å². The molecule has 0 aliphatic carbocycles. The van der Waals surface area contributed by atoms with Crippen molar-refractivity contribution in [1.29, 1.82) is 0 Å². The van der Waals surface area contributed by atoms with Crippen LogP contribution in [0.5, 0.6) is 5.75 Å². The number of carbonyl (C=O) groups excluding carboxylic acids is 1. The first kappa shape index (κ1) is 16.6. The highest BCUT2D eigenvalue weighted by Gasteiger charge is 2.06. The maximum atomic E-state index is 12.0. The molecule has 0 saturated heterocycles. The Morgan fingerprint density at radius 3 is 2.52 bits per heavy atom. The second kappa shape index (κ2) is 8.03. The molecule has 0 fully saturated rings. The highest BCUT2D eigenvalue weighted by Crippen LogP contribution is 2.23. The summed E-state index contributed by atoms with van der Waals surface area (Å²) in [7, 11) is 0.